The summed E-state index contributed by atoms with van der Waals surface area (Å²) in [5.41, 5.74) is -1.59. The summed E-state index contributed by atoms with van der Waals surface area (Å²) in [5.74, 6) is 2.35. The Morgan fingerprint density at radius 3 is 2.82 bits per heavy atom. The van der Waals surface area contributed by atoms with Gasteiger partial charge in [-0.25, -0.2) is 0 Å². The van der Waals surface area contributed by atoms with Crippen LogP contribution in [0.3, 0.4) is 0 Å². The molecule has 0 saturated carbocycles. The number of nitrogens with zero attached hydrogens (tertiary/aromatic N) is 1. The molecule has 0 radical (unpaired) electrons. The predicted molar refractivity (Wildman–Crippen MR) is 106 cm³/mol. The number of nitrogens with one attached hydrogen (secondary N) is 2. The zero-order valence-corrected chi connectivity index (χ0v) is 16.8. The molecule has 2 heterocycles. The number of thioether (sulfide) groups is 1. The minimum absolute atomic E-state index is 0. The average Bonchev–Trinajstić information content (AvgIpc) is 3.11. The standard InChI is InChI=1S/C14H23N3O2S2.HI/c1-13(18,11-4-3-6-21-11)8-16-12(15-2)17-9-14(19)5-7-20-10-14;/h3-4,6,18-19H,5,7-10H2,1-2H3,(H2,15,16,17);1H. The van der Waals surface area contributed by atoms with Gasteiger partial charge in [-0.05, 0) is 30.5 Å². The molecule has 2 rings (SSSR count). The number of guanidine groups is 1. The Bertz CT molecular complexity index is 474. The Labute approximate surface area is 157 Å². The molecule has 1 aromatic rings. The van der Waals surface area contributed by atoms with E-state index in [1.807, 2.05) is 17.5 Å². The van der Waals surface area contributed by atoms with Gasteiger partial charge < -0.3 is 20.8 Å². The maximum Gasteiger partial charge on any atom is 0.191 e. The maximum absolute atomic E-state index is 10.5. The topological polar surface area (TPSA) is 76.9 Å². The SMILES string of the molecule is CN=C(NCC1(O)CCSC1)NCC(C)(O)c1cccs1.I. The van der Waals surface area contributed by atoms with Gasteiger partial charge in [-0.2, -0.15) is 11.8 Å². The number of aliphatic imine (C=N–C) groups is 1. The molecule has 1 aromatic heterocycles. The van der Waals surface area contributed by atoms with Crippen LogP contribution in [-0.4, -0.2) is 53.4 Å². The van der Waals surface area contributed by atoms with Gasteiger partial charge in [-0.3, -0.25) is 4.99 Å². The second-order valence-electron chi connectivity index (χ2n) is 5.56. The molecule has 0 bridgehead atoms. The summed E-state index contributed by atoms with van der Waals surface area (Å²) in [7, 11) is 1.68. The van der Waals surface area contributed by atoms with Gasteiger partial charge in [0.1, 0.15) is 5.60 Å². The molecule has 1 fully saturated rings. The van der Waals surface area contributed by atoms with Gasteiger partial charge in [0.15, 0.2) is 5.96 Å². The summed E-state index contributed by atoms with van der Waals surface area (Å²) < 4.78 is 0. The molecular formula is C14H24IN3O2S2. The lowest BCUT2D eigenvalue weighted by molar-refractivity contribution is 0.0642. The van der Waals surface area contributed by atoms with Crippen molar-refractivity contribution < 1.29 is 10.2 Å². The van der Waals surface area contributed by atoms with Crippen molar-refractivity contribution in [1.29, 1.82) is 0 Å². The summed E-state index contributed by atoms with van der Waals surface area (Å²) >= 11 is 3.30. The summed E-state index contributed by atoms with van der Waals surface area (Å²) in [5, 5.41) is 29.0. The van der Waals surface area contributed by atoms with Crippen molar-refractivity contribution in [2.45, 2.75) is 24.5 Å². The van der Waals surface area contributed by atoms with Crippen molar-refractivity contribution in [2.24, 2.45) is 4.99 Å². The van der Waals surface area contributed by atoms with Gasteiger partial charge in [-0.1, -0.05) is 6.07 Å². The second kappa shape index (κ2) is 8.72. The molecule has 22 heavy (non-hydrogen) atoms. The quantitative estimate of drug-likeness (QED) is 0.307. The van der Waals surface area contributed by atoms with Crippen molar-refractivity contribution >= 4 is 53.0 Å². The second-order valence-corrected chi connectivity index (χ2v) is 7.61. The van der Waals surface area contributed by atoms with Gasteiger partial charge in [0.05, 0.1) is 12.1 Å². The third kappa shape index (κ3) is 5.55. The monoisotopic (exact) mass is 457 g/mol. The molecule has 1 saturated heterocycles. The van der Waals surface area contributed by atoms with Gasteiger partial charge in [0.2, 0.25) is 0 Å². The van der Waals surface area contributed by atoms with Crippen molar-refractivity contribution in [3.63, 3.8) is 0 Å². The van der Waals surface area contributed by atoms with E-state index in [4.69, 9.17) is 0 Å². The molecule has 0 amide bonds. The first kappa shape index (κ1) is 20.0. The van der Waals surface area contributed by atoms with E-state index in [2.05, 4.69) is 15.6 Å². The normalized spacial score (nSPS) is 24.5. The van der Waals surface area contributed by atoms with Crippen molar-refractivity contribution in [2.75, 3.05) is 31.6 Å². The Hall–Kier alpha value is -0.0300. The van der Waals surface area contributed by atoms with Gasteiger partial charge in [-0.15, -0.1) is 35.3 Å². The van der Waals surface area contributed by atoms with E-state index in [0.717, 1.165) is 22.8 Å². The Morgan fingerprint density at radius 1 is 1.50 bits per heavy atom. The first-order valence-electron chi connectivity index (χ1n) is 6.96. The molecule has 8 heteroatoms. The fourth-order valence-corrected chi connectivity index (χ4v) is 4.21. The molecular weight excluding hydrogens is 433 g/mol. The minimum atomic E-state index is -0.939. The number of rotatable bonds is 5. The molecule has 0 aliphatic carbocycles. The van der Waals surface area contributed by atoms with Crippen LogP contribution < -0.4 is 10.6 Å². The van der Waals surface area contributed by atoms with Crippen LogP contribution in [0.4, 0.5) is 0 Å². The average molecular weight is 457 g/mol. The Balaban J connectivity index is 0.00000242. The van der Waals surface area contributed by atoms with Crippen molar-refractivity contribution in [1.82, 2.24) is 10.6 Å². The van der Waals surface area contributed by atoms with E-state index in [1.165, 1.54) is 11.3 Å². The number of halogens is 1. The summed E-state index contributed by atoms with van der Waals surface area (Å²) in [6, 6.07) is 3.84. The van der Waals surface area contributed by atoms with Gasteiger partial charge >= 0.3 is 0 Å². The molecule has 2 unspecified atom stereocenters. The summed E-state index contributed by atoms with van der Waals surface area (Å²) in [6.07, 6.45) is 0.800. The zero-order chi connectivity index (χ0) is 15.3. The van der Waals surface area contributed by atoms with E-state index in [0.29, 0.717) is 19.0 Å². The fraction of sp³-hybridized carbons (Fsp3) is 0.643. The molecule has 0 spiro atoms. The highest BCUT2D eigenvalue weighted by Gasteiger charge is 2.32. The largest absolute Gasteiger partial charge is 0.387 e. The first-order valence-corrected chi connectivity index (χ1v) is 9.00. The Kier molecular flexibility index (Phi) is 7.93. The van der Waals surface area contributed by atoms with Crippen LogP contribution in [0.5, 0.6) is 0 Å². The van der Waals surface area contributed by atoms with E-state index in [9.17, 15) is 10.2 Å². The van der Waals surface area contributed by atoms with Crippen LogP contribution in [0.15, 0.2) is 22.5 Å². The van der Waals surface area contributed by atoms with Crippen LogP contribution >= 0.6 is 47.1 Å². The van der Waals surface area contributed by atoms with Crippen LogP contribution in [0.1, 0.15) is 18.2 Å². The highest BCUT2D eigenvalue weighted by molar-refractivity contribution is 14.0. The van der Waals surface area contributed by atoms with Crippen molar-refractivity contribution in [3.8, 4) is 0 Å². The minimum Gasteiger partial charge on any atom is -0.387 e. The maximum atomic E-state index is 10.5. The first-order chi connectivity index (χ1) is 9.95. The highest BCUT2D eigenvalue weighted by Crippen LogP contribution is 2.27. The number of aliphatic hydroxyl groups is 2. The molecule has 1 aliphatic heterocycles. The molecule has 2 atom stereocenters. The van der Waals surface area contributed by atoms with E-state index >= 15 is 0 Å². The molecule has 1 aliphatic rings. The zero-order valence-electron chi connectivity index (χ0n) is 12.8. The fourth-order valence-electron chi connectivity index (χ4n) is 2.13. The number of hydrogen-bond acceptors (Lipinski definition) is 5. The van der Waals surface area contributed by atoms with Gasteiger partial charge in [0, 0.05) is 24.2 Å². The molecule has 5 nitrogen and oxygen atoms in total. The molecule has 4 N–H and O–H groups in total. The Morgan fingerprint density at radius 2 is 2.27 bits per heavy atom. The number of hydrogen-bond donors (Lipinski definition) is 4. The van der Waals surface area contributed by atoms with Gasteiger partial charge in [0.25, 0.3) is 0 Å². The summed E-state index contributed by atoms with van der Waals surface area (Å²) in [4.78, 5) is 5.05. The van der Waals surface area contributed by atoms with Crippen molar-refractivity contribution in [3.05, 3.63) is 22.4 Å². The van der Waals surface area contributed by atoms with Crippen LogP contribution in [0.25, 0.3) is 0 Å². The lowest BCUT2D eigenvalue weighted by Crippen LogP contribution is -2.49. The highest BCUT2D eigenvalue weighted by atomic mass is 127. The molecule has 0 aromatic carbocycles. The lowest BCUT2D eigenvalue weighted by Gasteiger charge is -2.26. The van der Waals surface area contributed by atoms with E-state index in [1.54, 1.807) is 25.7 Å². The van der Waals surface area contributed by atoms with E-state index < -0.39 is 11.2 Å². The predicted octanol–water partition coefficient (Wildman–Crippen LogP) is 1.61. The lowest BCUT2D eigenvalue weighted by atomic mass is 10.0. The number of thiophene rings is 1. The third-order valence-corrected chi connectivity index (χ3v) is 5.90. The third-order valence-electron chi connectivity index (χ3n) is 3.54. The molecule has 126 valence electrons. The van der Waals surface area contributed by atoms with Crippen LogP contribution in [0, 0.1) is 0 Å². The van der Waals surface area contributed by atoms with Crippen LogP contribution in [-0.2, 0) is 5.60 Å². The van der Waals surface area contributed by atoms with Crippen LogP contribution in [0.2, 0.25) is 0 Å². The van der Waals surface area contributed by atoms with E-state index in [-0.39, 0.29) is 24.0 Å². The summed E-state index contributed by atoms with van der Waals surface area (Å²) in [6.45, 7) is 2.61. The smallest absolute Gasteiger partial charge is 0.191 e.